The van der Waals surface area contributed by atoms with Crippen LogP contribution in [0.1, 0.15) is 94.4 Å². The van der Waals surface area contributed by atoms with Gasteiger partial charge in [0.1, 0.15) is 11.7 Å². The number of cyclic esters (lactones) is 1. The van der Waals surface area contributed by atoms with E-state index in [9.17, 15) is 30.0 Å². The first kappa shape index (κ1) is 40.2. The van der Waals surface area contributed by atoms with E-state index in [-0.39, 0.29) is 48.8 Å². The summed E-state index contributed by atoms with van der Waals surface area (Å²) >= 11 is 0. The monoisotopic (exact) mass is 678 g/mol. The van der Waals surface area contributed by atoms with Gasteiger partial charge >= 0.3 is 12.1 Å². The van der Waals surface area contributed by atoms with Crippen molar-refractivity contribution in [1.82, 2.24) is 9.80 Å². The number of carbonyl (C=O) groups is 2. The first-order valence-electron chi connectivity index (χ1n) is 17.6. The van der Waals surface area contributed by atoms with E-state index in [1.165, 1.54) is 0 Å². The fourth-order valence-electron chi connectivity index (χ4n) is 6.55. The molecule has 274 valence electrons. The van der Waals surface area contributed by atoms with Crippen LogP contribution in [0, 0.1) is 11.8 Å². The van der Waals surface area contributed by atoms with E-state index in [1.54, 1.807) is 49.1 Å². The second kappa shape index (κ2) is 16.6. The number of rotatable bonds is 9. The van der Waals surface area contributed by atoms with E-state index in [1.807, 2.05) is 27.7 Å². The van der Waals surface area contributed by atoms with Gasteiger partial charge in [0, 0.05) is 50.0 Å². The minimum atomic E-state index is -1.49. The lowest BCUT2D eigenvalue weighted by molar-refractivity contribution is -0.151. The predicted molar refractivity (Wildman–Crippen MR) is 184 cm³/mol. The largest absolute Gasteiger partial charge is 0.457 e. The van der Waals surface area contributed by atoms with Crippen LogP contribution < -0.4 is 0 Å². The molecular formula is C37H62N2O9. The molecule has 11 heteroatoms. The highest BCUT2D eigenvalue weighted by Crippen LogP contribution is 2.37. The van der Waals surface area contributed by atoms with Crippen LogP contribution in [0.15, 0.2) is 36.0 Å². The number of piperazine rings is 1. The normalized spacial score (nSPS) is 34.7. The Morgan fingerprint density at radius 1 is 1.19 bits per heavy atom. The van der Waals surface area contributed by atoms with Gasteiger partial charge in [-0.25, -0.2) is 4.79 Å². The van der Waals surface area contributed by atoms with Gasteiger partial charge < -0.3 is 39.5 Å². The number of nitrogens with zero attached hydrogens (tertiary/aromatic N) is 2. The average molecular weight is 679 g/mol. The summed E-state index contributed by atoms with van der Waals surface area (Å²) in [7, 11) is 0. The lowest BCUT2D eigenvalue weighted by atomic mass is 9.88. The highest BCUT2D eigenvalue weighted by molar-refractivity contribution is 5.70. The predicted octanol–water partition coefficient (Wildman–Crippen LogP) is 4.13. The number of carbonyl (C=O) groups excluding carboxylic acids is 2. The van der Waals surface area contributed by atoms with Gasteiger partial charge in [0.2, 0.25) is 0 Å². The number of hydrogen-bond donors (Lipinski definition) is 4. The molecule has 10 unspecified atom stereocenters. The highest BCUT2D eigenvalue weighted by Gasteiger charge is 2.47. The zero-order valence-corrected chi connectivity index (χ0v) is 30.6. The quantitative estimate of drug-likeness (QED) is 0.121. The van der Waals surface area contributed by atoms with E-state index >= 15 is 0 Å². The Hall–Kier alpha value is -2.28. The van der Waals surface area contributed by atoms with Crippen LogP contribution in [0.5, 0.6) is 0 Å². The molecule has 0 saturated carbocycles. The number of esters is 1. The van der Waals surface area contributed by atoms with Gasteiger partial charge in [0.05, 0.1) is 36.4 Å². The molecule has 0 aromatic rings. The summed E-state index contributed by atoms with van der Waals surface area (Å²) < 4.78 is 17.5. The summed E-state index contributed by atoms with van der Waals surface area (Å²) in [6, 6.07) is 0. The molecule has 0 aromatic carbocycles. The fourth-order valence-corrected chi connectivity index (χ4v) is 6.55. The van der Waals surface area contributed by atoms with Gasteiger partial charge in [-0.2, -0.15) is 0 Å². The molecule has 0 spiro atoms. The van der Waals surface area contributed by atoms with Gasteiger partial charge in [-0.05, 0) is 72.5 Å². The molecule has 3 heterocycles. The van der Waals surface area contributed by atoms with Crippen LogP contribution in [0.3, 0.4) is 0 Å². The third-order valence-electron chi connectivity index (χ3n) is 10.1. The van der Waals surface area contributed by atoms with Gasteiger partial charge in [0.25, 0.3) is 0 Å². The molecule has 2 saturated heterocycles. The number of ether oxygens (including phenoxy) is 3. The Labute approximate surface area is 287 Å². The number of allylic oxidation sites excluding steroid dienone is 2. The van der Waals surface area contributed by atoms with Crippen molar-refractivity contribution < 1.29 is 44.2 Å². The zero-order valence-electron chi connectivity index (χ0n) is 30.6. The second-order valence-corrected chi connectivity index (χ2v) is 15.7. The summed E-state index contributed by atoms with van der Waals surface area (Å²) in [5, 5.41) is 43.2. The van der Waals surface area contributed by atoms with Crippen molar-refractivity contribution in [3.05, 3.63) is 36.0 Å². The van der Waals surface area contributed by atoms with Gasteiger partial charge in [0.15, 0.2) is 6.10 Å². The van der Waals surface area contributed by atoms with E-state index in [2.05, 4.69) is 25.7 Å². The summed E-state index contributed by atoms with van der Waals surface area (Å²) in [5.74, 6) is -0.953. The minimum Gasteiger partial charge on any atom is -0.457 e. The maximum atomic E-state index is 13.3. The number of aliphatic hydroxyl groups is 4. The Bertz CT molecular complexity index is 1170. The Morgan fingerprint density at radius 2 is 1.83 bits per heavy atom. The maximum Gasteiger partial charge on any atom is 0.410 e. The molecule has 3 aliphatic rings. The molecule has 0 aliphatic carbocycles. The van der Waals surface area contributed by atoms with Crippen LogP contribution in [-0.2, 0) is 19.0 Å². The maximum absolute atomic E-state index is 13.3. The molecule has 0 bridgehead atoms. The first-order chi connectivity index (χ1) is 22.2. The molecule has 2 fully saturated rings. The molecular weight excluding hydrogens is 616 g/mol. The molecule has 4 N–H and O–H groups in total. The minimum absolute atomic E-state index is 0.000235. The number of hydrogen-bond acceptors (Lipinski definition) is 10. The fraction of sp³-hybridized carbons (Fsp3) is 0.784. The van der Waals surface area contributed by atoms with Crippen molar-refractivity contribution in [3.8, 4) is 0 Å². The molecule has 3 rings (SSSR count). The summed E-state index contributed by atoms with van der Waals surface area (Å²) in [5.41, 5.74) is -1.95. The highest BCUT2D eigenvalue weighted by atomic mass is 16.6. The molecule has 48 heavy (non-hydrogen) atoms. The van der Waals surface area contributed by atoms with Crippen LogP contribution in [-0.4, -0.2) is 122 Å². The van der Waals surface area contributed by atoms with Crippen molar-refractivity contribution in [3.63, 3.8) is 0 Å². The average Bonchev–Trinajstić information content (AvgIpc) is 3.76. The van der Waals surface area contributed by atoms with Crippen LogP contribution in [0.4, 0.5) is 4.79 Å². The van der Waals surface area contributed by atoms with Crippen molar-refractivity contribution in [1.29, 1.82) is 0 Å². The van der Waals surface area contributed by atoms with Crippen molar-refractivity contribution in [2.45, 2.75) is 148 Å². The molecule has 1 amide bonds. The Kier molecular flexibility index (Phi) is 13.9. The number of epoxide rings is 1. The van der Waals surface area contributed by atoms with Crippen molar-refractivity contribution >= 4 is 12.1 Å². The summed E-state index contributed by atoms with van der Waals surface area (Å²) in [4.78, 5) is 30.1. The SMILES string of the molecule is CCC(O)C(C)C1OC1CC(C)(O)/C=C/C=C(\C)C1OC(=O)CC(O)CCC(C)(O)C(OC(=O)N2CCN(C(C)(C)C)CC2)/C=C\C1C. The third-order valence-corrected chi connectivity index (χ3v) is 10.1. The van der Waals surface area contributed by atoms with E-state index in [0.717, 1.165) is 13.1 Å². The molecule has 0 radical (unpaired) electrons. The van der Waals surface area contributed by atoms with Gasteiger partial charge in [-0.3, -0.25) is 9.69 Å². The Balaban J connectivity index is 1.74. The topological polar surface area (TPSA) is 153 Å². The molecule has 10 atom stereocenters. The van der Waals surface area contributed by atoms with E-state index < -0.39 is 47.7 Å². The molecule has 0 aromatic heterocycles. The third kappa shape index (κ3) is 11.7. The number of amides is 1. The lowest BCUT2D eigenvalue weighted by Gasteiger charge is -2.42. The Morgan fingerprint density at radius 3 is 2.44 bits per heavy atom. The lowest BCUT2D eigenvalue weighted by Crippen LogP contribution is -2.55. The molecule has 3 aliphatic heterocycles. The summed E-state index contributed by atoms with van der Waals surface area (Å²) in [6.07, 6.45) is 5.69. The van der Waals surface area contributed by atoms with E-state index in [0.29, 0.717) is 31.5 Å². The number of aliphatic hydroxyl groups excluding tert-OH is 2. The second-order valence-electron chi connectivity index (χ2n) is 15.7. The first-order valence-corrected chi connectivity index (χ1v) is 17.6. The molecule has 11 nitrogen and oxygen atoms in total. The smallest absolute Gasteiger partial charge is 0.410 e. The van der Waals surface area contributed by atoms with Crippen LogP contribution in [0.25, 0.3) is 0 Å². The van der Waals surface area contributed by atoms with Crippen LogP contribution >= 0.6 is 0 Å². The summed E-state index contributed by atoms with van der Waals surface area (Å²) in [6.45, 7) is 19.8. The standard InChI is InChI=1S/C37H62N2O9/c1-10-28(41)26(4)33-29(46-33)23-36(8,44)16-11-12-24(2)32-25(3)13-14-30(37(9,45)17-15-27(40)22-31(42)48-32)47-34(43)38-18-20-39(21-19-38)35(5,6)7/h11-14,16,25-30,32-33,40-41,44-45H,10,15,17-23H2,1-9H3/b14-13-,16-11+,24-12+. The van der Waals surface area contributed by atoms with E-state index in [4.69, 9.17) is 14.2 Å². The van der Waals surface area contributed by atoms with Crippen molar-refractivity contribution in [2.24, 2.45) is 11.8 Å². The van der Waals surface area contributed by atoms with Gasteiger partial charge in [-0.15, -0.1) is 0 Å². The zero-order chi connectivity index (χ0) is 36.0. The van der Waals surface area contributed by atoms with Crippen LogP contribution in [0.2, 0.25) is 0 Å². The van der Waals surface area contributed by atoms with Crippen molar-refractivity contribution in [2.75, 3.05) is 26.2 Å². The van der Waals surface area contributed by atoms with Gasteiger partial charge in [-0.1, -0.05) is 45.1 Å².